The molecule has 2 aromatic rings. The molecule has 1 aromatic carbocycles. The van der Waals surface area contributed by atoms with Gasteiger partial charge in [-0.2, -0.15) is 0 Å². The molecule has 0 saturated carbocycles. The lowest BCUT2D eigenvalue weighted by molar-refractivity contribution is -0.126. The molecule has 0 atom stereocenters. The van der Waals surface area contributed by atoms with Gasteiger partial charge in [0.25, 0.3) is 5.91 Å². The molecule has 1 aromatic heterocycles. The molecule has 3 heterocycles. The number of ether oxygens (including phenoxy) is 1. The number of benzene rings is 1. The van der Waals surface area contributed by atoms with Crippen LogP contribution in [-0.2, 0) is 16.1 Å². The van der Waals surface area contributed by atoms with Gasteiger partial charge in [0, 0.05) is 54.9 Å². The first-order valence-electron chi connectivity index (χ1n) is 10.7. The second-order valence-corrected chi connectivity index (χ2v) is 8.83. The molecule has 164 valence electrons. The first-order valence-corrected chi connectivity index (χ1v) is 11.5. The standard InChI is InChI=1S/C23H27BrN4O3/c24-20-3-1-19(2-4-20)23(30)28-9-6-18(7-10-28)22(29)26-16-17-5-8-25-21(15-17)27-11-13-31-14-12-27/h1-5,8,15,18H,6-7,9-14,16H2,(H,26,29). The molecule has 0 unspecified atom stereocenters. The molecule has 0 aliphatic carbocycles. The molecule has 0 spiro atoms. The summed E-state index contributed by atoms with van der Waals surface area (Å²) in [5, 5.41) is 3.06. The van der Waals surface area contributed by atoms with Crippen LogP contribution in [0.4, 0.5) is 5.82 Å². The predicted octanol–water partition coefficient (Wildman–Crippen LogP) is 2.85. The summed E-state index contributed by atoms with van der Waals surface area (Å²) in [6, 6.07) is 11.4. The maximum atomic E-state index is 12.7. The van der Waals surface area contributed by atoms with Gasteiger partial charge in [0.15, 0.2) is 0 Å². The Bertz CT molecular complexity index is 907. The lowest BCUT2D eigenvalue weighted by atomic mass is 9.95. The highest BCUT2D eigenvalue weighted by atomic mass is 79.9. The monoisotopic (exact) mass is 486 g/mol. The molecule has 2 saturated heterocycles. The maximum absolute atomic E-state index is 12.7. The second kappa shape index (κ2) is 10.2. The molecule has 2 aliphatic heterocycles. The minimum atomic E-state index is -0.0606. The molecule has 8 heteroatoms. The van der Waals surface area contributed by atoms with E-state index in [9.17, 15) is 9.59 Å². The Balaban J connectivity index is 1.26. The highest BCUT2D eigenvalue weighted by Crippen LogP contribution is 2.21. The molecule has 2 amide bonds. The molecule has 31 heavy (non-hydrogen) atoms. The van der Waals surface area contributed by atoms with E-state index < -0.39 is 0 Å². The van der Waals surface area contributed by atoms with Crippen LogP contribution in [0, 0.1) is 5.92 Å². The van der Waals surface area contributed by atoms with Crippen molar-refractivity contribution < 1.29 is 14.3 Å². The number of amides is 2. The number of rotatable bonds is 5. The van der Waals surface area contributed by atoms with Gasteiger partial charge in [0.2, 0.25) is 5.91 Å². The third-order valence-electron chi connectivity index (χ3n) is 5.86. The summed E-state index contributed by atoms with van der Waals surface area (Å²) < 4.78 is 6.35. The third kappa shape index (κ3) is 5.62. The molecule has 2 fully saturated rings. The van der Waals surface area contributed by atoms with Crippen LogP contribution >= 0.6 is 15.9 Å². The zero-order valence-corrected chi connectivity index (χ0v) is 19.0. The fourth-order valence-corrected chi connectivity index (χ4v) is 4.25. The van der Waals surface area contributed by atoms with Crippen molar-refractivity contribution in [1.82, 2.24) is 15.2 Å². The fourth-order valence-electron chi connectivity index (χ4n) is 3.99. The number of carbonyl (C=O) groups excluding carboxylic acids is 2. The molecule has 7 nitrogen and oxygen atoms in total. The third-order valence-corrected chi connectivity index (χ3v) is 6.38. The number of pyridine rings is 1. The largest absolute Gasteiger partial charge is 0.378 e. The van der Waals surface area contributed by atoms with Crippen LogP contribution < -0.4 is 10.2 Å². The van der Waals surface area contributed by atoms with E-state index in [0.29, 0.717) is 51.3 Å². The topological polar surface area (TPSA) is 74.8 Å². The Morgan fingerprint density at radius 3 is 2.48 bits per heavy atom. The average molecular weight is 487 g/mol. The van der Waals surface area contributed by atoms with Crippen LogP contribution in [0.2, 0.25) is 0 Å². The zero-order valence-electron chi connectivity index (χ0n) is 17.4. The van der Waals surface area contributed by atoms with Gasteiger partial charge in [0.05, 0.1) is 13.2 Å². The van der Waals surface area contributed by atoms with Crippen molar-refractivity contribution in [3.05, 3.63) is 58.2 Å². The number of hydrogen-bond acceptors (Lipinski definition) is 5. The Labute approximate surface area is 190 Å². The summed E-state index contributed by atoms with van der Waals surface area (Å²) in [7, 11) is 0. The van der Waals surface area contributed by atoms with Crippen molar-refractivity contribution in [2.45, 2.75) is 19.4 Å². The first-order chi connectivity index (χ1) is 15.1. The molecule has 2 aliphatic rings. The summed E-state index contributed by atoms with van der Waals surface area (Å²) in [6.07, 6.45) is 3.16. The highest BCUT2D eigenvalue weighted by Gasteiger charge is 2.27. The van der Waals surface area contributed by atoms with E-state index in [1.807, 2.05) is 41.3 Å². The Kier molecular flexibility index (Phi) is 7.19. The number of anilines is 1. The number of nitrogens with zero attached hydrogens (tertiary/aromatic N) is 3. The van der Waals surface area contributed by atoms with Gasteiger partial charge in [-0.3, -0.25) is 9.59 Å². The predicted molar refractivity (Wildman–Crippen MR) is 122 cm³/mol. The van der Waals surface area contributed by atoms with Crippen molar-refractivity contribution in [2.24, 2.45) is 5.92 Å². The molecule has 1 N–H and O–H groups in total. The van der Waals surface area contributed by atoms with Gasteiger partial charge in [0.1, 0.15) is 5.82 Å². The van der Waals surface area contributed by atoms with E-state index in [4.69, 9.17) is 4.74 Å². The van der Waals surface area contributed by atoms with Gasteiger partial charge in [-0.1, -0.05) is 15.9 Å². The second-order valence-electron chi connectivity index (χ2n) is 7.91. The first kappa shape index (κ1) is 21.8. The lowest BCUT2D eigenvalue weighted by Crippen LogP contribution is -2.43. The van der Waals surface area contributed by atoms with E-state index in [0.717, 1.165) is 28.9 Å². The molecule has 0 bridgehead atoms. The van der Waals surface area contributed by atoms with Gasteiger partial charge < -0.3 is 19.9 Å². The number of carbonyl (C=O) groups is 2. The summed E-state index contributed by atoms with van der Waals surface area (Å²) >= 11 is 3.39. The van der Waals surface area contributed by atoms with Crippen LogP contribution in [0.5, 0.6) is 0 Å². The van der Waals surface area contributed by atoms with Crippen molar-refractivity contribution in [3.63, 3.8) is 0 Å². The Morgan fingerprint density at radius 1 is 1.06 bits per heavy atom. The van der Waals surface area contributed by atoms with E-state index in [1.165, 1.54) is 0 Å². The van der Waals surface area contributed by atoms with E-state index >= 15 is 0 Å². The summed E-state index contributed by atoms with van der Waals surface area (Å²) in [6.45, 7) is 4.78. The maximum Gasteiger partial charge on any atom is 0.253 e. The molecular formula is C23H27BrN4O3. The number of nitrogens with one attached hydrogen (secondary N) is 1. The quantitative estimate of drug-likeness (QED) is 0.703. The van der Waals surface area contributed by atoms with Gasteiger partial charge in [-0.25, -0.2) is 4.98 Å². The van der Waals surface area contributed by atoms with E-state index in [-0.39, 0.29) is 17.7 Å². The highest BCUT2D eigenvalue weighted by molar-refractivity contribution is 9.10. The van der Waals surface area contributed by atoms with Crippen molar-refractivity contribution in [3.8, 4) is 0 Å². The van der Waals surface area contributed by atoms with E-state index in [1.54, 1.807) is 6.20 Å². The van der Waals surface area contributed by atoms with Crippen LogP contribution in [0.3, 0.4) is 0 Å². The van der Waals surface area contributed by atoms with Crippen LogP contribution in [-0.4, -0.2) is 61.1 Å². The summed E-state index contributed by atoms with van der Waals surface area (Å²) in [5.41, 5.74) is 1.72. The summed E-state index contributed by atoms with van der Waals surface area (Å²) in [5.74, 6) is 0.948. The van der Waals surface area contributed by atoms with Crippen molar-refractivity contribution in [2.75, 3.05) is 44.3 Å². The lowest BCUT2D eigenvalue weighted by Gasteiger charge is -2.31. The van der Waals surface area contributed by atoms with Crippen molar-refractivity contribution >= 4 is 33.6 Å². The average Bonchev–Trinajstić information content (AvgIpc) is 2.83. The molecule has 4 rings (SSSR count). The van der Waals surface area contributed by atoms with E-state index in [2.05, 4.69) is 31.1 Å². The smallest absolute Gasteiger partial charge is 0.253 e. The SMILES string of the molecule is O=C(NCc1ccnc(N2CCOCC2)c1)C1CCN(C(=O)c2ccc(Br)cc2)CC1. The number of morpholine rings is 1. The number of aromatic nitrogens is 1. The Hall–Kier alpha value is -2.45. The minimum absolute atomic E-state index is 0.0267. The summed E-state index contributed by atoms with van der Waals surface area (Å²) in [4.78, 5) is 33.8. The number of halogens is 1. The minimum Gasteiger partial charge on any atom is -0.378 e. The molecule has 0 radical (unpaired) electrons. The number of likely N-dealkylation sites (tertiary alicyclic amines) is 1. The number of piperidine rings is 1. The van der Waals surface area contributed by atoms with Gasteiger partial charge >= 0.3 is 0 Å². The van der Waals surface area contributed by atoms with Crippen LogP contribution in [0.1, 0.15) is 28.8 Å². The number of hydrogen-bond donors (Lipinski definition) is 1. The fraction of sp³-hybridized carbons (Fsp3) is 0.435. The van der Waals surface area contributed by atoms with Crippen LogP contribution in [0.25, 0.3) is 0 Å². The normalized spacial score (nSPS) is 17.5. The Morgan fingerprint density at radius 2 is 1.77 bits per heavy atom. The van der Waals surface area contributed by atoms with Gasteiger partial charge in [-0.05, 0) is 54.8 Å². The zero-order chi connectivity index (χ0) is 21.6. The molecular weight excluding hydrogens is 460 g/mol. The van der Waals surface area contributed by atoms with Crippen LogP contribution in [0.15, 0.2) is 47.1 Å². The van der Waals surface area contributed by atoms with Gasteiger partial charge in [-0.15, -0.1) is 0 Å². The van der Waals surface area contributed by atoms with Crippen molar-refractivity contribution in [1.29, 1.82) is 0 Å².